The van der Waals surface area contributed by atoms with Crippen LogP contribution in [0.25, 0.3) is 0 Å². The molecule has 1 heterocycles. The van der Waals surface area contributed by atoms with Crippen LogP contribution >= 0.6 is 0 Å². The molecule has 0 unspecified atom stereocenters. The summed E-state index contributed by atoms with van der Waals surface area (Å²) < 4.78 is 26.2. The van der Waals surface area contributed by atoms with Crippen molar-refractivity contribution in [2.75, 3.05) is 13.1 Å². The van der Waals surface area contributed by atoms with E-state index in [9.17, 15) is 18.7 Å². The lowest BCUT2D eigenvalue weighted by Crippen LogP contribution is -2.66. The number of carbonyl (C=O) groups is 1. The van der Waals surface area contributed by atoms with Crippen LogP contribution in [-0.2, 0) is 0 Å². The van der Waals surface area contributed by atoms with E-state index >= 15 is 0 Å². The molecule has 2 rings (SSSR count). The van der Waals surface area contributed by atoms with Gasteiger partial charge in [0, 0.05) is 6.07 Å². The van der Waals surface area contributed by atoms with Crippen molar-refractivity contribution >= 4 is 5.91 Å². The number of halogens is 2. The van der Waals surface area contributed by atoms with Gasteiger partial charge in [0.05, 0.1) is 18.7 Å². The van der Waals surface area contributed by atoms with Gasteiger partial charge >= 0.3 is 0 Å². The Morgan fingerprint density at radius 3 is 2.50 bits per heavy atom. The maximum atomic E-state index is 13.4. The molecule has 1 aromatic rings. The number of amides is 1. The summed E-state index contributed by atoms with van der Waals surface area (Å²) in [6.45, 7) is 4.08. The van der Waals surface area contributed by atoms with Crippen LogP contribution in [0.1, 0.15) is 24.2 Å². The van der Waals surface area contributed by atoms with Crippen molar-refractivity contribution in [2.24, 2.45) is 5.92 Å². The molecule has 1 aliphatic heterocycles. The van der Waals surface area contributed by atoms with Crippen LogP contribution in [0.5, 0.6) is 0 Å². The molecule has 0 atom stereocenters. The lowest BCUT2D eigenvalue weighted by Gasteiger charge is -2.49. The third-order valence-corrected chi connectivity index (χ3v) is 3.45. The van der Waals surface area contributed by atoms with Crippen molar-refractivity contribution in [2.45, 2.75) is 19.4 Å². The number of rotatable bonds is 2. The molecule has 0 saturated carbocycles. The second-order valence-corrected chi connectivity index (χ2v) is 5.04. The fourth-order valence-electron chi connectivity index (χ4n) is 1.96. The highest BCUT2D eigenvalue weighted by Crippen LogP contribution is 2.30. The van der Waals surface area contributed by atoms with Gasteiger partial charge < -0.3 is 10.0 Å². The molecule has 0 radical (unpaired) electrons. The highest BCUT2D eigenvalue weighted by molar-refractivity contribution is 5.95. The maximum absolute atomic E-state index is 13.4. The Kier molecular flexibility index (Phi) is 3.11. The standard InChI is InChI=1S/C13H15F2NO2/c1-8(2)13(18)6-16(7-13)12(17)10-4-3-9(14)5-11(10)15/h3-5,8,18H,6-7H2,1-2H3. The lowest BCUT2D eigenvalue weighted by molar-refractivity contribution is -0.111. The van der Waals surface area contributed by atoms with Gasteiger partial charge in [0.2, 0.25) is 0 Å². The largest absolute Gasteiger partial charge is 0.386 e. The van der Waals surface area contributed by atoms with Gasteiger partial charge in [-0.3, -0.25) is 4.79 Å². The number of β-amino-alcohol motifs (C(OH)–C–C–N with tert-alkyl or cyclic N) is 1. The quantitative estimate of drug-likeness (QED) is 0.875. The van der Waals surface area contributed by atoms with E-state index in [0.29, 0.717) is 6.07 Å². The molecule has 1 amide bonds. The molecule has 0 bridgehead atoms. The number of carbonyl (C=O) groups excluding carboxylic acids is 1. The summed E-state index contributed by atoms with van der Waals surface area (Å²) in [6, 6.07) is 2.85. The Balaban J connectivity index is 2.11. The zero-order valence-corrected chi connectivity index (χ0v) is 10.3. The summed E-state index contributed by atoms with van der Waals surface area (Å²) in [5.74, 6) is -2.08. The fraction of sp³-hybridized carbons (Fsp3) is 0.462. The summed E-state index contributed by atoms with van der Waals surface area (Å²) >= 11 is 0. The molecule has 3 nitrogen and oxygen atoms in total. The third kappa shape index (κ3) is 2.10. The van der Waals surface area contributed by atoms with E-state index in [2.05, 4.69) is 0 Å². The predicted molar refractivity (Wildman–Crippen MR) is 62.0 cm³/mol. The zero-order valence-electron chi connectivity index (χ0n) is 10.3. The molecule has 98 valence electrons. The Labute approximate surface area is 104 Å². The summed E-state index contributed by atoms with van der Waals surface area (Å²) in [5.41, 5.74) is -1.06. The van der Waals surface area contributed by atoms with Gasteiger partial charge in [-0.1, -0.05) is 13.8 Å². The predicted octanol–water partition coefficient (Wildman–Crippen LogP) is 1.81. The average Bonchev–Trinajstić information content (AvgIpc) is 2.23. The number of hydrogen-bond donors (Lipinski definition) is 1. The van der Waals surface area contributed by atoms with E-state index < -0.39 is 23.1 Å². The first-order valence-electron chi connectivity index (χ1n) is 5.80. The minimum absolute atomic E-state index is 0.0274. The molecule has 1 aromatic carbocycles. The van der Waals surface area contributed by atoms with Crippen molar-refractivity contribution in [1.29, 1.82) is 0 Å². The van der Waals surface area contributed by atoms with Crippen LogP contribution in [0.4, 0.5) is 8.78 Å². The van der Waals surface area contributed by atoms with Crippen molar-refractivity contribution in [3.05, 3.63) is 35.4 Å². The van der Waals surface area contributed by atoms with E-state index in [0.717, 1.165) is 12.1 Å². The van der Waals surface area contributed by atoms with Crippen LogP contribution < -0.4 is 0 Å². The fourth-order valence-corrected chi connectivity index (χ4v) is 1.96. The van der Waals surface area contributed by atoms with E-state index in [4.69, 9.17) is 0 Å². The first-order valence-corrected chi connectivity index (χ1v) is 5.80. The van der Waals surface area contributed by atoms with Crippen molar-refractivity contribution in [1.82, 2.24) is 4.90 Å². The Bertz CT molecular complexity index is 482. The molecule has 1 aliphatic rings. The molecule has 1 N–H and O–H groups in total. The minimum atomic E-state index is -0.897. The van der Waals surface area contributed by atoms with Gasteiger partial charge in [-0.2, -0.15) is 0 Å². The minimum Gasteiger partial charge on any atom is -0.386 e. The lowest BCUT2D eigenvalue weighted by atomic mass is 9.82. The SMILES string of the molecule is CC(C)C1(O)CN(C(=O)c2ccc(F)cc2F)C1. The molecule has 0 aliphatic carbocycles. The molecule has 1 saturated heterocycles. The first-order chi connectivity index (χ1) is 8.33. The topological polar surface area (TPSA) is 40.5 Å². The highest BCUT2D eigenvalue weighted by atomic mass is 19.1. The van der Waals surface area contributed by atoms with E-state index in [1.165, 1.54) is 4.90 Å². The van der Waals surface area contributed by atoms with Gasteiger partial charge in [-0.15, -0.1) is 0 Å². The molecular formula is C13H15F2NO2. The van der Waals surface area contributed by atoms with Crippen molar-refractivity contribution in [3.8, 4) is 0 Å². The zero-order chi connectivity index (χ0) is 13.5. The van der Waals surface area contributed by atoms with Gasteiger partial charge in [0.1, 0.15) is 17.2 Å². The number of hydrogen-bond acceptors (Lipinski definition) is 2. The van der Waals surface area contributed by atoms with E-state index in [1.54, 1.807) is 0 Å². The summed E-state index contributed by atoms with van der Waals surface area (Å²) in [5, 5.41) is 10.0. The second-order valence-electron chi connectivity index (χ2n) is 5.04. The number of nitrogens with zero attached hydrogens (tertiary/aromatic N) is 1. The van der Waals surface area contributed by atoms with Crippen LogP contribution in [-0.4, -0.2) is 34.6 Å². The molecule has 0 spiro atoms. The highest BCUT2D eigenvalue weighted by Gasteiger charge is 2.46. The molecule has 0 aromatic heterocycles. The summed E-state index contributed by atoms with van der Waals surface area (Å²) in [6.07, 6.45) is 0. The molecular weight excluding hydrogens is 240 g/mol. The van der Waals surface area contributed by atoms with Crippen molar-refractivity contribution < 1.29 is 18.7 Å². The Hall–Kier alpha value is -1.49. The number of benzene rings is 1. The third-order valence-electron chi connectivity index (χ3n) is 3.45. The summed E-state index contributed by atoms with van der Waals surface area (Å²) in [4.78, 5) is 13.3. The van der Waals surface area contributed by atoms with Crippen LogP contribution in [0.15, 0.2) is 18.2 Å². The van der Waals surface area contributed by atoms with E-state index in [1.807, 2.05) is 13.8 Å². The van der Waals surface area contributed by atoms with Gasteiger partial charge in [-0.05, 0) is 18.1 Å². The van der Waals surface area contributed by atoms with Crippen LogP contribution in [0.3, 0.4) is 0 Å². The average molecular weight is 255 g/mol. The smallest absolute Gasteiger partial charge is 0.257 e. The second kappa shape index (κ2) is 4.31. The molecule has 5 heteroatoms. The first kappa shape index (κ1) is 13.0. The normalized spacial score (nSPS) is 17.8. The van der Waals surface area contributed by atoms with E-state index in [-0.39, 0.29) is 24.6 Å². The summed E-state index contributed by atoms with van der Waals surface area (Å²) in [7, 11) is 0. The Morgan fingerprint density at radius 1 is 1.39 bits per heavy atom. The van der Waals surface area contributed by atoms with Gasteiger partial charge in [0.15, 0.2) is 0 Å². The monoisotopic (exact) mass is 255 g/mol. The van der Waals surface area contributed by atoms with Crippen LogP contribution in [0.2, 0.25) is 0 Å². The van der Waals surface area contributed by atoms with Crippen LogP contribution in [0, 0.1) is 17.6 Å². The number of aliphatic hydroxyl groups is 1. The molecule has 1 fully saturated rings. The number of likely N-dealkylation sites (tertiary alicyclic amines) is 1. The van der Waals surface area contributed by atoms with Crippen molar-refractivity contribution in [3.63, 3.8) is 0 Å². The Morgan fingerprint density at radius 2 is 2.00 bits per heavy atom. The van der Waals surface area contributed by atoms with Gasteiger partial charge in [-0.25, -0.2) is 8.78 Å². The molecule has 18 heavy (non-hydrogen) atoms. The maximum Gasteiger partial charge on any atom is 0.257 e. The van der Waals surface area contributed by atoms with Gasteiger partial charge in [0.25, 0.3) is 5.91 Å².